The van der Waals surface area contributed by atoms with E-state index in [0.29, 0.717) is 0 Å². The van der Waals surface area contributed by atoms with Gasteiger partial charge in [0.2, 0.25) is 0 Å². The van der Waals surface area contributed by atoms with Crippen LogP contribution in [0.25, 0.3) is 0 Å². The second-order valence-corrected chi connectivity index (χ2v) is 7.76. The Morgan fingerprint density at radius 1 is 1.19 bits per heavy atom. The first-order chi connectivity index (χ1) is 13.3. The van der Waals surface area contributed by atoms with Gasteiger partial charge in [-0.05, 0) is 45.0 Å². The molecule has 2 aliphatic rings. The molecule has 0 radical (unpaired) electrons. The first-order valence-corrected chi connectivity index (χ1v) is 10.6. The summed E-state index contributed by atoms with van der Waals surface area (Å²) in [5.74, 6) is 2.11. The summed E-state index contributed by atoms with van der Waals surface area (Å²) in [6.45, 7) is 6.10. The number of anilines is 1. The Labute approximate surface area is 164 Å². The molecule has 0 bridgehead atoms. The van der Waals surface area contributed by atoms with Gasteiger partial charge in [-0.3, -0.25) is 4.99 Å². The summed E-state index contributed by atoms with van der Waals surface area (Å²) in [5, 5.41) is 3.57. The summed E-state index contributed by atoms with van der Waals surface area (Å²) in [6.07, 6.45) is 10.0. The smallest absolute Gasteiger partial charge is 0.193 e. The number of guanidine groups is 1. The predicted octanol–water partition coefficient (Wildman–Crippen LogP) is 2.43. The molecule has 6 nitrogen and oxygen atoms in total. The molecule has 1 aromatic heterocycles. The lowest BCUT2D eigenvalue weighted by Gasteiger charge is -2.37. The zero-order chi connectivity index (χ0) is 18.9. The van der Waals surface area contributed by atoms with Crippen LogP contribution in [0.1, 0.15) is 38.5 Å². The van der Waals surface area contributed by atoms with Gasteiger partial charge >= 0.3 is 0 Å². The maximum atomic E-state index is 4.50. The quantitative estimate of drug-likeness (QED) is 0.472. The Balaban J connectivity index is 1.36. The fraction of sp³-hybridized carbons (Fsp3) is 0.714. The van der Waals surface area contributed by atoms with Crippen molar-refractivity contribution in [3.63, 3.8) is 0 Å². The van der Waals surface area contributed by atoms with Crippen molar-refractivity contribution < 1.29 is 0 Å². The summed E-state index contributed by atoms with van der Waals surface area (Å²) in [5.41, 5.74) is 0. The number of nitrogens with zero attached hydrogens (tertiary/aromatic N) is 5. The van der Waals surface area contributed by atoms with Crippen LogP contribution in [0, 0.1) is 0 Å². The van der Waals surface area contributed by atoms with E-state index in [2.05, 4.69) is 49.2 Å². The van der Waals surface area contributed by atoms with Crippen molar-refractivity contribution >= 4 is 11.8 Å². The summed E-state index contributed by atoms with van der Waals surface area (Å²) in [4.78, 5) is 16.2. The maximum Gasteiger partial charge on any atom is 0.193 e. The fourth-order valence-electron chi connectivity index (χ4n) is 4.25. The summed E-state index contributed by atoms with van der Waals surface area (Å²) >= 11 is 0. The molecule has 0 amide bonds. The highest BCUT2D eigenvalue weighted by Crippen LogP contribution is 2.21. The third kappa shape index (κ3) is 5.83. The molecule has 2 heterocycles. The molecule has 1 aromatic rings. The molecule has 1 aliphatic heterocycles. The largest absolute Gasteiger partial charge is 0.356 e. The minimum absolute atomic E-state index is 0.803. The van der Waals surface area contributed by atoms with Gasteiger partial charge < -0.3 is 20.0 Å². The molecule has 27 heavy (non-hydrogen) atoms. The number of hydrogen-bond acceptors (Lipinski definition) is 4. The molecule has 6 heteroatoms. The van der Waals surface area contributed by atoms with Crippen molar-refractivity contribution in [3.05, 3.63) is 24.4 Å². The van der Waals surface area contributed by atoms with E-state index in [-0.39, 0.29) is 0 Å². The van der Waals surface area contributed by atoms with Crippen LogP contribution < -0.4 is 10.2 Å². The van der Waals surface area contributed by atoms with Crippen LogP contribution in [0.5, 0.6) is 0 Å². The van der Waals surface area contributed by atoms with Crippen LogP contribution >= 0.6 is 0 Å². The Hall–Kier alpha value is -1.82. The van der Waals surface area contributed by atoms with Crippen molar-refractivity contribution in [2.45, 2.75) is 44.6 Å². The van der Waals surface area contributed by atoms with Crippen LogP contribution in [-0.2, 0) is 0 Å². The van der Waals surface area contributed by atoms with E-state index in [9.17, 15) is 0 Å². The van der Waals surface area contributed by atoms with Crippen LogP contribution in [0.3, 0.4) is 0 Å². The summed E-state index contributed by atoms with van der Waals surface area (Å²) in [7, 11) is 4.18. The third-order valence-corrected chi connectivity index (χ3v) is 5.93. The zero-order valence-electron chi connectivity index (χ0n) is 17.1. The average molecular weight is 373 g/mol. The SMILES string of the molecule is CN=C(NCCCN(C)C1CCCCC1)N1CCN(c2ccccn2)CC1. The number of aliphatic imine (C=N–C) groups is 1. The van der Waals surface area contributed by atoms with Gasteiger partial charge in [0, 0.05) is 52.0 Å². The molecule has 150 valence electrons. The normalized spacial score (nSPS) is 19.6. The van der Waals surface area contributed by atoms with E-state index in [1.165, 1.54) is 45.1 Å². The average Bonchev–Trinajstić information content (AvgIpc) is 2.75. The van der Waals surface area contributed by atoms with Gasteiger partial charge in [0.1, 0.15) is 5.82 Å². The highest BCUT2D eigenvalue weighted by atomic mass is 15.4. The van der Waals surface area contributed by atoms with Crippen molar-refractivity contribution in [3.8, 4) is 0 Å². The van der Waals surface area contributed by atoms with Crippen LogP contribution in [0.2, 0.25) is 0 Å². The van der Waals surface area contributed by atoms with Gasteiger partial charge in [-0.15, -0.1) is 0 Å². The molecule has 0 atom stereocenters. The Kier molecular flexibility index (Phi) is 7.75. The third-order valence-electron chi connectivity index (χ3n) is 5.93. The number of rotatable bonds is 6. The lowest BCUT2D eigenvalue weighted by molar-refractivity contribution is 0.190. The van der Waals surface area contributed by atoms with E-state index in [4.69, 9.17) is 0 Å². The Morgan fingerprint density at radius 3 is 2.63 bits per heavy atom. The monoisotopic (exact) mass is 372 g/mol. The van der Waals surface area contributed by atoms with Crippen molar-refractivity contribution in [1.29, 1.82) is 0 Å². The summed E-state index contributed by atoms with van der Waals surface area (Å²) in [6, 6.07) is 6.92. The van der Waals surface area contributed by atoms with E-state index >= 15 is 0 Å². The molecule has 0 aromatic carbocycles. The standard InChI is InChI=1S/C21H36N6/c1-22-21(24-13-8-14-25(2)19-9-4-3-5-10-19)27-17-15-26(16-18-27)20-11-6-7-12-23-20/h6-7,11-12,19H,3-5,8-10,13-18H2,1-2H3,(H,22,24). The van der Waals surface area contributed by atoms with E-state index < -0.39 is 0 Å². The van der Waals surface area contributed by atoms with Crippen molar-refractivity contribution in [1.82, 2.24) is 20.1 Å². The predicted molar refractivity (Wildman–Crippen MR) is 114 cm³/mol. The number of nitrogens with one attached hydrogen (secondary N) is 1. The van der Waals surface area contributed by atoms with Crippen LogP contribution in [-0.4, -0.2) is 80.1 Å². The van der Waals surface area contributed by atoms with Gasteiger partial charge in [0.15, 0.2) is 5.96 Å². The fourth-order valence-corrected chi connectivity index (χ4v) is 4.25. The molecular weight excluding hydrogens is 336 g/mol. The van der Waals surface area contributed by atoms with Crippen molar-refractivity contribution in [2.75, 3.05) is 58.3 Å². The topological polar surface area (TPSA) is 47.0 Å². The van der Waals surface area contributed by atoms with Gasteiger partial charge in [-0.1, -0.05) is 25.3 Å². The molecule has 1 saturated heterocycles. The number of hydrogen-bond donors (Lipinski definition) is 1. The number of piperazine rings is 1. The van der Waals surface area contributed by atoms with Crippen LogP contribution in [0.4, 0.5) is 5.82 Å². The molecule has 1 saturated carbocycles. The van der Waals surface area contributed by atoms with Gasteiger partial charge in [0.25, 0.3) is 0 Å². The Morgan fingerprint density at radius 2 is 1.96 bits per heavy atom. The molecule has 0 unspecified atom stereocenters. The molecule has 0 spiro atoms. The lowest BCUT2D eigenvalue weighted by atomic mass is 9.94. The van der Waals surface area contributed by atoms with E-state index in [1.54, 1.807) is 0 Å². The number of aromatic nitrogens is 1. The zero-order valence-corrected chi connectivity index (χ0v) is 17.1. The molecule has 1 aliphatic carbocycles. The first kappa shape index (κ1) is 19.9. The Bertz CT molecular complexity index is 561. The van der Waals surface area contributed by atoms with E-state index in [1.807, 2.05) is 19.3 Å². The minimum atomic E-state index is 0.803. The van der Waals surface area contributed by atoms with Crippen LogP contribution in [0.15, 0.2) is 29.4 Å². The highest BCUT2D eigenvalue weighted by Gasteiger charge is 2.20. The second kappa shape index (κ2) is 10.5. The number of pyridine rings is 1. The van der Waals surface area contributed by atoms with Crippen molar-refractivity contribution in [2.24, 2.45) is 4.99 Å². The van der Waals surface area contributed by atoms with Gasteiger partial charge in [0.05, 0.1) is 0 Å². The molecule has 2 fully saturated rings. The second-order valence-electron chi connectivity index (χ2n) is 7.76. The highest BCUT2D eigenvalue weighted by molar-refractivity contribution is 5.80. The molecule has 3 rings (SSSR count). The molecule has 1 N–H and O–H groups in total. The summed E-state index contributed by atoms with van der Waals surface area (Å²) < 4.78 is 0. The minimum Gasteiger partial charge on any atom is -0.356 e. The van der Waals surface area contributed by atoms with E-state index in [0.717, 1.165) is 50.5 Å². The maximum absolute atomic E-state index is 4.50. The van der Waals surface area contributed by atoms with Gasteiger partial charge in [-0.2, -0.15) is 0 Å². The van der Waals surface area contributed by atoms with Gasteiger partial charge in [-0.25, -0.2) is 4.98 Å². The molecular formula is C21H36N6. The lowest BCUT2D eigenvalue weighted by Crippen LogP contribution is -2.53. The first-order valence-electron chi connectivity index (χ1n) is 10.6.